The van der Waals surface area contributed by atoms with Gasteiger partial charge in [-0.2, -0.15) is 0 Å². The van der Waals surface area contributed by atoms with Gasteiger partial charge in [-0.3, -0.25) is 0 Å². The minimum atomic E-state index is -2.12. The van der Waals surface area contributed by atoms with Crippen LogP contribution in [0.3, 0.4) is 0 Å². The van der Waals surface area contributed by atoms with Gasteiger partial charge in [-0.05, 0) is 123 Å². The van der Waals surface area contributed by atoms with Crippen molar-refractivity contribution in [3.05, 3.63) is 23.3 Å². The molecule has 0 amide bonds. The first-order valence-corrected chi connectivity index (χ1v) is 25.1. The minimum Gasteiger partial charge on any atom is -0.411 e. The molecule has 46 heavy (non-hydrogen) atoms. The van der Waals surface area contributed by atoms with Crippen molar-refractivity contribution in [3.63, 3.8) is 0 Å². The van der Waals surface area contributed by atoms with Crippen LogP contribution in [0, 0.1) is 28.6 Å². The molecule has 3 nitrogen and oxygen atoms in total. The lowest BCUT2D eigenvalue weighted by Gasteiger charge is -2.52. The van der Waals surface area contributed by atoms with E-state index in [0.717, 1.165) is 24.7 Å². The van der Waals surface area contributed by atoms with E-state index >= 15 is 0 Å². The highest BCUT2D eigenvalue weighted by atomic mass is 28.4. The molecule has 0 bridgehead atoms. The molecule has 4 unspecified atom stereocenters. The van der Waals surface area contributed by atoms with Crippen LogP contribution in [0.5, 0.6) is 0 Å². The van der Waals surface area contributed by atoms with E-state index in [-0.39, 0.29) is 22.3 Å². The van der Waals surface area contributed by atoms with Crippen molar-refractivity contribution in [2.75, 3.05) is 0 Å². The molecule has 3 rings (SSSR count). The minimum absolute atomic E-state index is 0.0796. The van der Waals surface area contributed by atoms with Crippen molar-refractivity contribution in [2.45, 2.75) is 208 Å². The third-order valence-electron chi connectivity index (χ3n) is 13.9. The maximum absolute atomic E-state index is 12.5. The highest BCUT2D eigenvalue weighted by molar-refractivity contribution is 6.74. The predicted octanol–water partition coefficient (Wildman–Crippen LogP) is 12.6. The van der Waals surface area contributed by atoms with Gasteiger partial charge in [0, 0.05) is 0 Å². The Bertz CT molecular complexity index is 1040. The second kappa shape index (κ2) is 14.2. The van der Waals surface area contributed by atoms with Crippen LogP contribution in [-0.2, 0) is 8.85 Å². The number of hydrogen-bond donors (Lipinski definition) is 1. The van der Waals surface area contributed by atoms with Gasteiger partial charge in [-0.1, -0.05) is 119 Å². The predicted molar refractivity (Wildman–Crippen MR) is 205 cm³/mol. The third kappa shape index (κ3) is 8.93. The standard InChI is InChI=1S/C41H78O3Si2/c1-17-41(42)35(43-45(13,14)38(6,7)8)28-31(29-36(41)44-46(15,16)39(9,10)11)22-23-32-21-19-27-40(12)33(24-25-34(32)40)30(2)20-18-26-37(3,4)5/h22-23,30,33-36,42H,17-21,24-29H2,1-16H3/b31-22?,32-23+/t30-,33?,34?,35-,36+,40?,41?/m0/s1. The van der Waals surface area contributed by atoms with Gasteiger partial charge in [0.05, 0.1) is 12.2 Å². The molecule has 3 fully saturated rings. The van der Waals surface area contributed by atoms with Crippen molar-refractivity contribution in [1.82, 2.24) is 0 Å². The van der Waals surface area contributed by atoms with Crippen molar-refractivity contribution in [1.29, 1.82) is 0 Å². The summed E-state index contributed by atoms with van der Waals surface area (Å²) in [6.07, 6.45) is 17.5. The van der Waals surface area contributed by atoms with Crippen molar-refractivity contribution in [2.24, 2.45) is 28.6 Å². The van der Waals surface area contributed by atoms with E-state index in [9.17, 15) is 5.11 Å². The first-order chi connectivity index (χ1) is 20.8. The fourth-order valence-corrected chi connectivity index (χ4v) is 11.4. The maximum atomic E-state index is 12.5. The Morgan fingerprint density at radius 3 is 1.85 bits per heavy atom. The summed E-state index contributed by atoms with van der Waals surface area (Å²) in [5.74, 6) is 2.36. The normalized spacial score (nSPS) is 34.3. The first-order valence-electron chi connectivity index (χ1n) is 19.2. The molecule has 0 spiro atoms. The van der Waals surface area contributed by atoms with Crippen molar-refractivity contribution >= 4 is 16.6 Å². The summed E-state index contributed by atoms with van der Waals surface area (Å²) < 4.78 is 14.3. The van der Waals surface area contributed by atoms with Crippen LogP contribution in [0.1, 0.15) is 154 Å². The Morgan fingerprint density at radius 1 is 0.870 bits per heavy atom. The lowest BCUT2D eigenvalue weighted by Crippen LogP contribution is -2.63. The summed E-state index contributed by atoms with van der Waals surface area (Å²) in [4.78, 5) is 0. The van der Waals surface area contributed by atoms with Crippen LogP contribution < -0.4 is 0 Å². The zero-order valence-electron chi connectivity index (χ0n) is 33.6. The topological polar surface area (TPSA) is 38.7 Å². The van der Waals surface area contributed by atoms with Crippen LogP contribution in [0.25, 0.3) is 0 Å². The molecule has 3 aliphatic carbocycles. The van der Waals surface area contributed by atoms with E-state index in [4.69, 9.17) is 8.85 Å². The molecule has 0 saturated heterocycles. The van der Waals surface area contributed by atoms with E-state index in [1.807, 2.05) is 0 Å². The van der Waals surface area contributed by atoms with E-state index in [0.29, 0.717) is 23.2 Å². The monoisotopic (exact) mass is 675 g/mol. The number of fused-ring (bicyclic) bond motifs is 1. The van der Waals surface area contributed by atoms with Gasteiger partial charge < -0.3 is 14.0 Å². The average molecular weight is 675 g/mol. The van der Waals surface area contributed by atoms with E-state index in [2.05, 4.69) is 121 Å². The van der Waals surface area contributed by atoms with Gasteiger partial charge in [0.25, 0.3) is 0 Å². The van der Waals surface area contributed by atoms with Crippen LogP contribution in [0.4, 0.5) is 0 Å². The Hall–Kier alpha value is -0.206. The summed E-state index contributed by atoms with van der Waals surface area (Å²) in [5, 5.41) is 12.6. The summed E-state index contributed by atoms with van der Waals surface area (Å²) in [7, 11) is -4.24. The van der Waals surface area contributed by atoms with E-state index < -0.39 is 22.2 Å². The van der Waals surface area contributed by atoms with Crippen LogP contribution in [-0.4, -0.2) is 39.6 Å². The van der Waals surface area contributed by atoms with Gasteiger partial charge in [-0.25, -0.2) is 0 Å². The molecule has 0 radical (unpaired) electrons. The van der Waals surface area contributed by atoms with Crippen LogP contribution >= 0.6 is 0 Å². The number of aliphatic hydroxyl groups is 1. The third-order valence-corrected chi connectivity index (χ3v) is 22.9. The van der Waals surface area contributed by atoms with E-state index in [1.165, 1.54) is 56.9 Å². The maximum Gasteiger partial charge on any atom is 0.192 e. The second-order valence-corrected chi connectivity index (χ2v) is 30.1. The summed E-state index contributed by atoms with van der Waals surface area (Å²) in [5.41, 5.74) is 2.97. The first kappa shape index (κ1) is 40.2. The molecular formula is C41H78O3Si2. The average Bonchev–Trinajstić information content (AvgIpc) is 3.25. The smallest absolute Gasteiger partial charge is 0.192 e. The highest BCUT2D eigenvalue weighted by Gasteiger charge is 2.54. The lowest BCUT2D eigenvalue weighted by atomic mass is 9.60. The molecule has 0 aromatic carbocycles. The molecule has 7 atom stereocenters. The fraction of sp³-hybridized carbons (Fsp3) is 0.902. The molecule has 1 N–H and O–H groups in total. The van der Waals surface area contributed by atoms with E-state index in [1.54, 1.807) is 5.57 Å². The molecular weight excluding hydrogens is 597 g/mol. The summed E-state index contributed by atoms with van der Waals surface area (Å²) in [6, 6.07) is 0. The Kier molecular flexibility index (Phi) is 12.4. The zero-order valence-corrected chi connectivity index (χ0v) is 35.6. The largest absolute Gasteiger partial charge is 0.411 e. The summed E-state index contributed by atoms with van der Waals surface area (Å²) in [6.45, 7) is 37.6. The lowest BCUT2D eigenvalue weighted by molar-refractivity contribution is -0.148. The molecule has 0 aliphatic heterocycles. The second-order valence-electron chi connectivity index (χ2n) is 20.6. The molecule has 3 aliphatic rings. The quantitative estimate of drug-likeness (QED) is 0.234. The van der Waals surface area contributed by atoms with Crippen LogP contribution in [0.15, 0.2) is 23.3 Å². The Labute approximate surface area is 289 Å². The fourth-order valence-electron chi connectivity index (χ4n) is 8.66. The van der Waals surface area contributed by atoms with Crippen LogP contribution in [0.2, 0.25) is 36.3 Å². The molecule has 0 aromatic heterocycles. The Balaban J connectivity index is 1.92. The molecule has 3 saturated carbocycles. The van der Waals surface area contributed by atoms with Gasteiger partial charge in [0.15, 0.2) is 16.6 Å². The molecule has 0 heterocycles. The van der Waals surface area contributed by atoms with Crippen molar-refractivity contribution in [3.8, 4) is 0 Å². The van der Waals surface area contributed by atoms with Gasteiger partial charge in [0.2, 0.25) is 0 Å². The highest BCUT2D eigenvalue weighted by Crippen LogP contribution is 2.60. The molecule has 268 valence electrons. The number of rotatable bonds is 10. The van der Waals surface area contributed by atoms with Gasteiger partial charge in [-0.15, -0.1) is 0 Å². The molecule has 0 aromatic rings. The summed E-state index contributed by atoms with van der Waals surface area (Å²) >= 11 is 0. The van der Waals surface area contributed by atoms with Gasteiger partial charge >= 0.3 is 0 Å². The SMILES string of the molecule is CCC1(O)[C@@H](O[Si](C)(C)C(C)(C)C)CC(=C/C=C2\CCCC3(C)C2CCC3[C@@H](C)CCCC(C)(C)C)C[C@H]1O[Si](C)(C)C(C)(C)C. The number of allylic oxidation sites excluding steroid dienone is 3. The van der Waals surface area contributed by atoms with Gasteiger partial charge in [0.1, 0.15) is 5.60 Å². The number of hydrogen-bond acceptors (Lipinski definition) is 3. The molecule has 5 heteroatoms. The Morgan fingerprint density at radius 2 is 1.39 bits per heavy atom. The van der Waals surface area contributed by atoms with Crippen molar-refractivity contribution < 1.29 is 14.0 Å². The zero-order chi connectivity index (χ0) is 35.1.